The number of para-hydroxylation sites is 1. The van der Waals surface area contributed by atoms with Crippen LogP contribution in [0.25, 0.3) is 0 Å². The summed E-state index contributed by atoms with van der Waals surface area (Å²) in [5, 5.41) is 7.23. The normalized spacial score (nSPS) is 16.9. The SMILES string of the molecule is Cc1cc(C2CCCCN2C(=O)c2cnc(Nc3ccccc3)nc2)no1. The van der Waals surface area contributed by atoms with Crippen molar-refractivity contribution in [2.75, 3.05) is 11.9 Å². The number of nitrogens with one attached hydrogen (secondary N) is 1. The van der Waals surface area contributed by atoms with Crippen LogP contribution in [-0.2, 0) is 0 Å². The van der Waals surface area contributed by atoms with E-state index in [-0.39, 0.29) is 11.9 Å². The molecule has 1 unspecified atom stereocenters. The molecule has 1 saturated heterocycles. The van der Waals surface area contributed by atoms with Gasteiger partial charge in [-0.3, -0.25) is 4.79 Å². The summed E-state index contributed by atoms with van der Waals surface area (Å²) in [5.74, 6) is 1.13. The van der Waals surface area contributed by atoms with Gasteiger partial charge in [0.05, 0.1) is 11.6 Å². The minimum atomic E-state index is -0.0772. The highest BCUT2D eigenvalue weighted by Gasteiger charge is 2.31. The van der Waals surface area contributed by atoms with E-state index in [1.165, 1.54) is 0 Å². The predicted molar refractivity (Wildman–Crippen MR) is 101 cm³/mol. The molecule has 0 bridgehead atoms. The second-order valence-corrected chi connectivity index (χ2v) is 6.66. The fourth-order valence-electron chi connectivity index (χ4n) is 3.34. The Morgan fingerprint density at radius 3 is 2.67 bits per heavy atom. The van der Waals surface area contributed by atoms with Crippen LogP contribution in [0.15, 0.2) is 53.3 Å². The van der Waals surface area contributed by atoms with E-state index in [4.69, 9.17) is 4.52 Å². The van der Waals surface area contributed by atoms with Gasteiger partial charge in [0.1, 0.15) is 11.5 Å². The van der Waals surface area contributed by atoms with Gasteiger partial charge in [0.25, 0.3) is 5.91 Å². The smallest absolute Gasteiger partial charge is 0.257 e. The quantitative estimate of drug-likeness (QED) is 0.757. The number of hydrogen-bond acceptors (Lipinski definition) is 6. The molecule has 0 saturated carbocycles. The number of likely N-dealkylation sites (tertiary alicyclic amines) is 1. The summed E-state index contributed by atoms with van der Waals surface area (Å²) in [6.45, 7) is 2.55. The second-order valence-electron chi connectivity index (χ2n) is 6.66. The summed E-state index contributed by atoms with van der Waals surface area (Å²) in [4.78, 5) is 23.5. The molecule has 7 heteroatoms. The van der Waals surface area contributed by atoms with E-state index in [0.29, 0.717) is 18.1 Å². The third-order valence-corrected chi connectivity index (χ3v) is 4.68. The standard InChI is InChI=1S/C20H21N5O2/c1-14-11-17(24-27-14)18-9-5-6-10-25(18)19(26)15-12-21-20(22-13-15)23-16-7-3-2-4-8-16/h2-4,7-8,11-13,18H,5-6,9-10H2,1H3,(H,21,22,23). The van der Waals surface area contributed by atoms with Crippen molar-refractivity contribution in [3.63, 3.8) is 0 Å². The van der Waals surface area contributed by atoms with Gasteiger partial charge in [0.15, 0.2) is 0 Å². The molecule has 0 spiro atoms. The molecule has 4 rings (SSSR count). The minimum Gasteiger partial charge on any atom is -0.361 e. The zero-order chi connectivity index (χ0) is 18.6. The van der Waals surface area contributed by atoms with Gasteiger partial charge in [-0.15, -0.1) is 0 Å². The number of amides is 1. The summed E-state index contributed by atoms with van der Waals surface area (Å²) >= 11 is 0. The molecular formula is C20H21N5O2. The minimum absolute atomic E-state index is 0.0641. The Hall–Kier alpha value is -3.22. The van der Waals surface area contributed by atoms with Gasteiger partial charge in [-0.1, -0.05) is 23.4 Å². The van der Waals surface area contributed by atoms with Crippen LogP contribution in [-0.4, -0.2) is 32.5 Å². The van der Waals surface area contributed by atoms with E-state index < -0.39 is 0 Å². The number of piperidine rings is 1. The van der Waals surface area contributed by atoms with Gasteiger partial charge in [-0.2, -0.15) is 0 Å². The summed E-state index contributed by atoms with van der Waals surface area (Å²) in [7, 11) is 0. The monoisotopic (exact) mass is 363 g/mol. The molecule has 1 aliphatic rings. The van der Waals surface area contributed by atoms with Gasteiger partial charge in [0.2, 0.25) is 5.95 Å². The lowest BCUT2D eigenvalue weighted by atomic mass is 9.98. The van der Waals surface area contributed by atoms with Gasteiger partial charge in [0, 0.05) is 30.7 Å². The number of aryl methyl sites for hydroxylation is 1. The van der Waals surface area contributed by atoms with Crippen molar-refractivity contribution in [3.05, 3.63) is 65.8 Å². The predicted octanol–water partition coefficient (Wildman–Crippen LogP) is 3.88. The van der Waals surface area contributed by atoms with Crippen molar-refractivity contribution < 1.29 is 9.32 Å². The molecule has 3 heterocycles. The van der Waals surface area contributed by atoms with Crippen LogP contribution in [0.5, 0.6) is 0 Å². The third kappa shape index (κ3) is 3.81. The molecule has 2 aromatic heterocycles. The summed E-state index contributed by atoms with van der Waals surface area (Å²) in [5.41, 5.74) is 2.18. The fraction of sp³-hybridized carbons (Fsp3) is 0.300. The molecule has 1 atom stereocenters. The molecule has 27 heavy (non-hydrogen) atoms. The Morgan fingerprint density at radius 2 is 1.96 bits per heavy atom. The van der Waals surface area contributed by atoms with Crippen LogP contribution in [0.2, 0.25) is 0 Å². The van der Waals surface area contributed by atoms with Crippen LogP contribution in [0, 0.1) is 6.92 Å². The number of carbonyl (C=O) groups is 1. The molecule has 3 aromatic rings. The first-order chi connectivity index (χ1) is 13.2. The van der Waals surface area contributed by atoms with Crippen LogP contribution in [0.3, 0.4) is 0 Å². The van der Waals surface area contributed by atoms with E-state index in [1.54, 1.807) is 12.4 Å². The number of anilines is 2. The first-order valence-corrected chi connectivity index (χ1v) is 9.09. The molecule has 0 aliphatic carbocycles. The number of aromatic nitrogens is 3. The van der Waals surface area contributed by atoms with E-state index >= 15 is 0 Å². The van der Waals surface area contributed by atoms with E-state index in [2.05, 4.69) is 20.4 Å². The van der Waals surface area contributed by atoms with Crippen LogP contribution in [0.4, 0.5) is 11.6 Å². The van der Waals surface area contributed by atoms with Crippen molar-refractivity contribution >= 4 is 17.5 Å². The zero-order valence-electron chi connectivity index (χ0n) is 15.1. The van der Waals surface area contributed by atoms with Crippen molar-refractivity contribution in [1.82, 2.24) is 20.0 Å². The molecule has 1 N–H and O–H groups in total. The highest BCUT2D eigenvalue weighted by Crippen LogP contribution is 2.31. The number of hydrogen-bond donors (Lipinski definition) is 1. The Labute approximate surface area is 157 Å². The van der Waals surface area contributed by atoms with Crippen LogP contribution >= 0.6 is 0 Å². The summed E-state index contributed by atoms with van der Waals surface area (Å²) in [6.07, 6.45) is 6.07. The first kappa shape index (κ1) is 17.2. The fourth-order valence-corrected chi connectivity index (χ4v) is 3.34. The average Bonchev–Trinajstić information content (AvgIpc) is 3.15. The van der Waals surface area contributed by atoms with Crippen LogP contribution in [0.1, 0.15) is 47.1 Å². The van der Waals surface area contributed by atoms with E-state index in [1.807, 2.05) is 48.2 Å². The van der Waals surface area contributed by atoms with Gasteiger partial charge < -0.3 is 14.7 Å². The number of benzene rings is 1. The van der Waals surface area contributed by atoms with Crippen molar-refractivity contribution in [3.8, 4) is 0 Å². The zero-order valence-corrected chi connectivity index (χ0v) is 15.1. The van der Waals surface area contributed by atoms with Crippen molar-refractivity contribution in [2.45, 2.75) is 32.2 Å². The maximum atomic E-state index is 13.0. The topological polar surface area (TPSA) is 84.2 Å². The summed E-state index contributed by atoms with van der Waals surface area (Å²) < 4.78 is 5.20. The van der Waals surface area contributed by atoms with Gasteiger partial charge in [-0.25, -0.2) is 9.97 Å². The first-order valence-electron chi connectivity index (χ1n) is 9.09. The van der Waals surface area contributed by atoms with Gasteiger partial charge >= 0.3 is 0 Å². The maximum Gasteiger partial charge on any atom is 0.257 e. The molecule has 1 aromatic carbocycles. The molecule has 138 valence electrons. The largest absolute Gasteiger partial charge is 0.361 e. The number of rotatable bonds is 4. The van der Waals surface area contributed by atoms with Crippen LogP contribution < -0.4 is 5.32 Å². The highest BCUT2D eigenvalue weighted by atomic mass is 16.5. The third-order valence-electron chi connectivity index (χ3n) is 4.68. The van der Waals surface area contributed by atoms with Crippen molar-refractivity contribution in [1.29, 1.82) is 0 Å². The Morgan fingerprint density at radius 1 is 1.19 bits per heavy atom. The molecular weight excluding hydrogens is 342 g/mol. The molecule has 1 aliphatic heterocycles. The lowest BCUT2D eigenvalue weighted by Gasteiger charge is -2.34. The molecule has 1 amide bonds. The average molecular weight is 363 g/mol. The Balaban J connectivity index is 1.50. The highest BCUT2D eigenvalue weighted by molar-refractivity contribution is 5.94. The Bertz CT molecular complexity index is 908. The van der Waals surface area contributed by atoms with Crippen molar-refractivity contribution in [2.24, 2.45) is 0 Å². The lowest BCUT2D eigenvalue weighted by molar-refractivity contribution is 0.0601. The van der Waals surface area contributed by atoms with E-state index in [0.717, 1.165) is 36.4 Å². The lowest BCUT2D eigenvalue weighted by Crippen LogP contribution is -2.38. The molecule has 0 radical (unpaired) electrons. The van der Waals surface area contributed by atoms with E-state index in [9.17, 15) is 4.79 Å². The maximum absolute atomic E-state index is 13.0. The molecule has 7 nitrogen and oxygen atoms in total. The number of carbonyl (C=O) groups excluding carboxylic acids is 1. The second kappa shape index (κ2) is 7.57. The Kier molecular flexibility index (Phi) is 4.82. The number of nitrogens with zero attached hydrogens (tertiary/aromatic N) is 4. The van der Waals surface area contributed by atoms with Gasteiger partial charge in [-0.05, 0) is 38.3 Å². The summed E-state index contributed by atoms with van der Waals surface area (Å²) in [6, 6.07) is 11.5. The molecule has 1 fully saturated rings.